The number of aliphatic carboxylic acids is 1. The molecule has 0 radical (unpaired) electrons. The van der Waals surface area contributed by atoms with Crippen molar-refractivity contribution in [1.82, 2.24) is 10.2 Å². The molecule has 0 unspecified atom stereocenters. The second-order valence-electron chi connectivity index (χ2n) is 5.70. The Labute approximate surface area is 118 Å². The number of carboxylic acid groups (broad SMARTS) is 1. The summed E-state index contributed by atoms with van der Waals surface area (Å²) in [7, 11) is 0. The Hall–Kier alpha value is -1.59. The standard InChI is InChI=1S/C14H22N2O4/c17-12(16-6-2-1-3-7-16)9-15-13(18)10-4-5-11(8-10)14(19)20/h10-11H,1-9H2,(H,15,18)(H,19,20)/t10-,11+/m1/s1. The quantitative estimate of drug-likeness (QED) is 0.791. The van der Waals surface area contributed by atoms with Crippen LogP contribution in [0.1, 0.15) is 38.5 Å². The molecule has 112 valence electrons. The molecule has 0 aromatic heterocycles. The predicted octanol–water partition coefficient (Wildman–Crippen LogP) is 0.616. The summed E-state index contributed by atoms with van der Waals surface area (Å²) in [4.78, 5) is 36.5. The van der Waals surface area contributed by atoms with Gasteiger partial charge in [0.25, 0.3) is 0 Å². The minimum atomic E-state index is -0.829. The van der Waals surface area contributed by atoms with Gasteiger partial charge in [-0.1, -0.05) is 0 Å². The van der Waals surface area contributed by atoms with Crippen molar-refractivity contribution >= 4 is 17.8 Å². The third-order valence-electron chi connectivity index (χ3n) is 4.28. The topological polar surface area (TPSA) is 86.7 Å². The Balaban J connectivity index is 1.72. The van der Waals surface area contributed by atoms with Gasteiger partial charge in [0.15, 0.2) is 0 Å². The molecule has 2 amide bonds. The number of rotatable bonds is 4. The molecule has 0 aromatic rings. The van der Waals surface area contributed by atoms with Gasteiger partial charge in [-0.3, -0.25) is 14.4 Å². The van der Waals surface area contributed by atoms with Crippen LogP contribution in [-0.2, 0) is 14.4 Å². The van der Waals surface area contributed by atoms with Crippen molar-refractivity contribution in [3.8, 4) is 0 Å². The van der Waals surface area contributed by atoms with E-state index in [2.05, 4.69) is 5.32 Å². The predicted molar refractivity (Wildman–Crippen MR) is 71.9 cm³/mol. The van der Waals surface area contributed by atoms with Gasteiger partial charge in [0.2, 0.25) is 11.8 Å². The number of hydrogen-bond acceptors (Lipinski definition) is 3. The van der Waals surface area contributed by atoms with Gasteiger partial charge in [0.1, 0.15) is 0 Å². The molecular formula is C14H22N2O4. The number of nitrogens with zero attached hydrogens (tertiary/aromatic N) is 1. The number of carbonyl (C=O) groups excluding carboxylic acids is 2. The van der Waals surface area contributed by atoms with Gasteiger partial charge in [-0.25, -0.2) is 0 Å². The van der Waals surface area contributed by atoms with E-state index in [9.17, 15) is 14.4 Å². The summed E-state index contributed by atoms with van der Waals surface area (Å²) >= 11 is 0. The lowest BCUT2D eigenvalue weighted by Crippen LogP contribution is -2.43. The summed E-state index contributed by atoms with van der Waals surface area (Å²) in [5, 5.41) is 11.6. The highest BCUT2D eigenvalue weighted by Gasteiger charge is 2.33. The van der Waals surface area contributed by atoms with Crippen molar-refractivity contribution in [2.24, 2.45) is 11.8 Å². The van der Waals surface area contributed by atoms with E-state index in [1.807, 2.05) is 0 Å². The molecular weight excluding hydrogens is 260 g/mol. The van der Waals surface area contributed by atoms with Gasteiger partial charge in [0.05, 0.1) is 12.5 Å². The minimum absolute atomic E-state index is 0.0348. The molecule has 2 atom stereocenters. The largest absolute Gasteiger partial charge is 0.481 e. The maximum absolute atomic E-state index is 11.9. The number of amides is 2. The van der Waals surface area contributed by atoms with Gasteiger partial charge >= 0.3 is 5.97 Å². The van der Waals surface area contributed by atoms with Crippen LogP contribution >= 0.6 is 0 Å². The first-order valence-electron chi connectivity index (χ1n) is 7.36. The van der Waals surface area contributed by atoms with Gasteiger partial charge in [-0.15, -0.1) is 0 Å². The second-order valence-corrected chi connectivity index (χ2v) is 5.70. The summed E-state index contributed by atoms with van der Waals surface area (Å²) in [6.45, 7) is 1.59. The lowest BCUT2D eigenvalue weighted by Gasteiger charge is -2.27. The van der Waals surface area contributed by atoms with Crippen molar-refractivity contribution < 1.29 is 19.5 Å². The van der Waals surface area contributed by atoms with Crippen LogP contribution in [0, 0.1) is 11.8 Å². The fraction of sp³-hybridized carbons (Fsp3) is 0.786. The van der Waals surface area contributed by atoms with Crippen molar-refractivity contribution in [1.29, 1.82) is 0 Å². The fourth-order valence-corrected chi connectivity index (χ4v) is 3.01. The molecule has 0 bridgehead atoms. The summed E-state index contributed by atoms with van der Waals surface area (Å²) < 4.78 is 0. The Morgan fingerprint density at radius 1 is 1.05 bits per heavy atom. The molecule has 0 spiro atoms. The molecule has 6 heteroatoms. The van der Waals surface area contributed by atoms with E-state index < -0.39 is 11.9 Å². The van der Waals surface area contributed by atoms with Crippen LogP contribution in [0.2, 0.25) is 0 Å². The number of likely N-dealkylation sites (tertiary alicyclic amines) is 1. The minimum Gasteiger partial charge on any atom is -0.481 e. The van der Waals surface area contributed by atoms with Crippen molar-refractivity contribution in [2.45, 2.75) is 38.5 Å². The number of carboxylic acids is 1. The maximum atomic E-state index is 11.9. The average molecular weight is 282 g/mol. The zero-order valence-corrected chi connectivity index (χ0v) is 11.6. The number of piperidine rings is 1. The molecule has 2 rings (SSSR count). The van der Waals surface area contributed by atoms with Crippen molar-refractivity contribution in [3.63, 3.8) is 0 Å². The van der Waals surface area contributed by atoms with E-state index in [-0.39, 0.29) is 24.3 Å². The van der Waals surface area contributed by atoms with Gasteiger partial charge < -0.3 is 15.3 Å². The zero-order valence-electron chi connectivity index (χ0n) is 11.6. The lowest BCUT2D eigenvalue weighted by molar-refractivity contribution is -0.141. The smallest absolute Gasteiger partial charge is 0.306 e. The molecule has 2 fully saturated rings. The number of nitrogens with one attached hydrogen (secondary N) is 1. The van der Waals surface area contributed by atoms with Crippen LogP contribution in [0.4, 0.5) is 0 Å². The highest BCUT2D eigenvalue weighted by molar-refractivity contribution is 5.86. The van der Waals surface area contributed by atoms with Crippen LogP contribution in [0.5, 0.6) is 0 Å². The van der Waals surface area contributed by atoms with Crippen LogP contribution in [0.15, 0.2) is 0 Å². The Bertz CT molecular complexity index is 391. The maximum Gasteiger partial charge on any atom is 0.306 e. The molecule has 6 nitrogen and oxygen atoms in total. The Morgan fingerprint density at radius 3 is 2.30 bits per heavy atom. The monoisotopic (exact) mass is 282 g/mol. The highest BCUT2D eigenvalue weighted by Crippen LogP contribution is 2.31. The first kappa shape index (κ1) is 14.8. The van der Waals surface area contributed by atoms with Gasteiger partial charge in [0, 0.05) is 19.0 Å². The number of hydrogen-bond donors (Lipinski definition) is 2. The van der Waals surface area contributed by atoms with E-state index in [1.54, 1.807) is 4.90 Å². The molecule has 0 aromatic carbocycles. The summed E-state index contributed by atoms with van der Waals surface area (Å²) in [6.07, 6.45) is 4.76. The van der Waals surface area contributed by atoms with Gasteiger partial charge in [-0.05, 0) is 38.5 Å². The highest BCUT2D eigenvalue weighted by atomic mass is 16.4. The second kappa shape index (κ2) is 6.72. The Kier molecular flexibility index (Phi) is 4.98. The molecule has 20 heavy (non-hydrogen) atoms. The van der Waals surface area contributed by atoms with E-state index in [4.69, 9.17) is 5.11 Å². The third-order valence-corrected chi connectivity index (χ3v) is 4.28. The van der Waals surface area contributed by atoms with Crippen LogP contribution in [-0.4, -0.2) is 47.4 Å². The molecule has 1 aliphatic heterocycles. The van der Waals surface area contributed by atoms with E-state index in [0.717, 1.165) is 32.4 Å². The van der Waals surface area contributed by atoms with E-state index in [0.29, 0.717) is 19.3 Å². The molecule has 1 aliphatic carbocycles. The average Bonchev–Trinajstić information content (AvgIpc) is 2.95. The zero-order chi connectivity index (χ0) is 14.5. The van der Waals surface area contributed by atoms with Crippen molar-refractivity contribution in [3.05, 3.63) is 0 Å². The van der Waals surface area contributed by atoms with Crippen molar-refractivity contribution in [2.75, 3.05) is 19.6 Å². The molecule has 2 N–H and O–H groups in total. The molecule has 1 saturated carbocycles. The normalized spacial score (nSPS) is 26.3. The molecule has 1 saturated heterocycles. The SMILES string of the molecule is O=C(O)[C@H]1CC[C@@H](C(=O)NCC(=O)N2CCCCC2)C1. The van der Waals surface area contributed by atoms with Crippen LogP contribution in [0.25, 0.3) is 0 Å². The first-order valence-corrected chi connectivity index (χ1v) is 7.36. The Morgan fingerprint density at radius 2 is 1.70 bits per heavy atom. The summed E-state index contributed by atoms with van der Waals surface area (Å²) in [5.74, 6) is -1.72. The van der Waals surface area contributed by atoms with Crippen LogP contribution in [0.3, 0.4) is 0 Å². The summed E-state index contributed by atoms with van der Waals surface area (Å²) in [5.41, 5.74) is 0. The lowest BCUT2D eigenvalue weighted by atomic mass is 10.0. The van der Waals surface area contributed by atoms with Crippen LogP contribution < -0.4 is 5.32 Å². The van der Waals surface area contributed by atoms with Gasteiger partial charge in [-0.2, -0.15) is 0 Å². The van der Waals surface area contributed by atoms with E-state index >= 15 is 0 Å². The summed E-state index contributed by atoms with van der Waals surface area (Å²) in [6, 6.07) is 0. The van der Waals surface area contributed by atoms with E-state index in [1.165, 1.54) is 0 Å². The number of carbonyl (C=O) groups is 3. The third kappa shape index (κ3) is 3.71. The fourth-order valence-electron chi connectivity index (χ4n) is 3.01. The molecule has 2 aliphatic rings. The molecule has 1 heterocycles. The first-order chi connectivity index (χ1) is 9.58.